The third-order valence-corrected chi connectivity index (χ3v) is 5.03. The fraction of sp³-hybridized carbons (Fsp3) is 0.421. The lowest BCUT2D eigenvalue weighted by atomic mass is 10.0. The summed E-state index contributed by atoms with van der Waals surface area (Å²) < 4.78 is 2.11. The molecule has 0 fully saturated rings. The molecule has 3 aromatic rings. The van der Waals surface area contributed by atoms with Gasteiger partial charge in [-0.3, -0.25) is 0 Å². The molecule has 2 heterocycles. The summed E-state index contributed by atoms with van der Waals surface area (Å²) in [5, 5.41) is 13.0. The van der Waals surface area contributed by atoms with Crippen molar-refractivity contribution in [2.75, 3.05) is 18.5 Å². The standard InChI is InChI=1S/C19H23N5O/c1-2-7-20-18-17-19(22-11-21-18)24(12-23-17)9-13-8-14(10-25)16-6-4-3-5-15(13)16/h3-6,11-14,25H,2,7-10H2,1H3,(H,20,21,22)/t13-,14+/m0/s1. The van der Waals surface area contributed by atoms with Gasteiger partial charge in [-0.1, -0.05) is 31.2 Å². The van der Waals surface area contributed by atoms with Gasteiger partial charge in [-0.2, -0.15) is 0 Å². The number of aliphatic hydroxyl groups excluding tert-OH is 1. The summed E-state index contributed by atoms with van der Waals surface area (Å²) in [4.78, 5) is 13.3. The summed E-state index contributed by atoms with van der Waals surface area (Å²) in [7, 11) is 0. The van der Waals surface area contributed by atoms with Gasteiger partial charge in [-0.25, -0.2) is 15.0 Å². The molecule has 0 unspecified atom stereocenters. The topological polar surface area (TPSA) is 75.9 Å². The summed E-state index contributed by atoms with van der Waals surface area (Å²) in [5.74, 6) is 1.39. The van der Waals surface area contributed by atoms with Crippen LogP contribution in [0.15, 0.2) is 36.9 Å². The number of rotatable bonds is 6. The van der Waals surface area contributed by atoms with E-state index in [4.69, 9.17) is 0 Å². The van der Waals surface area contributed by atoms with Gasteiger partial charge in [0.25, 0.3) is 0 Å². The fourth-order valence-electron chi connectivity index (χ4n) is 3.82. The van der Waals surface area contributed by atoms with E-state index < -0.39 is 0 Å². The highest BCUT2D eigenvalue weighted by molar-refractivity contribution is 5.82. The average Bonchev–Trinajstić information content (AvgIpc) is 3.22. The molecular formula is C19H23N5O. The molecule has 1 aliphatic rings. The van der Waals surface area contributed by atoms with Crippen molar-refractivity contribution in [1.29, 1.82) is 0 Å². The zero-order valence-corrected chi connectivity index (χ0v) is 14.4. The van der Waals surface area contributed by atoms with Gasteiger partial charge in [0, 0.05) is 31.5 Å². The van der Waals surface area contributed by atoms with Crippen molar-refractivity contribution in [1.82, 2.24) is 19.5 Å². The minimum Gasteiger partial charge on any atom is -0.396 e. The molecule has 0 aliphatic heterocycles. The van der Waals surface area contributed by atoms with E-state index in [0.717, 1.165) is 42.9 Å². The van der Waals surface area contributed by atoms with E-state index in [1.807, 2.05) is 6.33 Å². The quantitative estimate of drug-likeness (QED) is 0.723. The maximum atomic E-state index is 9.70. The Morgan fingerprint density at radius 3 is 2.72 bits per heavy atom. The number of aliphatic hydroxyl groups is 1. The van der Waals surface area contributed by atoms with Crippen LogP contribution < -0.4 is 5.32 Å². The fourth-order valence-corrected chi connectivity index (χ4v) is 3.82. The number of nitrogens with zero attached hydrogens (tertiary/aromatic N) is 4. The van der Waals surface area contributed by atoms with Crippen LogP contribution in [0.1, 0.15) is 42.7 Å². The third-order valence-electron chi connectivity index (χ3n) is 5.03. The number of nitrogens with one attached hydrogen (secondary N) is 1. The first kappa shape index (κ1) is 16.0. The Kier molecular flexibility index (Phi) is 4.36. The Morgan fingerprint density at radius 2 is 1.96 bits per heavy atom. The van der Waals surface area contributed by atoms with Crippen LogP contribution >= 0.6 is 0 Å². The lowest BCUT2D eigenvalue weighted by Gasteiger charge is -2.13. The van der Waals surface area contributed by atoms with Crippen molar-refractivity contribution in [3.8, 4) is 0 Å². The SMILES string of the molecule is CCCNc1ncnc2c1ncn2C[C@@H]1C[C@H](CO)c2ccccc21. The summed E-state index contributed by atoms with van der Waals surface area (Å²) >= 11 is 0. The lowest BCUT2D eigenvalue weighted by molar-refractivity contribution is 0.259. The second-order valence-electron chi connectivity index (χ2n) is 6.66. The Hall–Kier alpha value is -2.47. The van der Waals surface area contributed by atoms with Crippen molar-refractivity contribution in [3.63, 3.8) is 0 Å². The smallest absolute Gasteiger partial charge is 0.165 e. The van der Waals surface area contributed by atoms with E-state index in [1.54, 1.807) is 6.33 Å². The van der Waals surface area contributed by atoms with Gasteiger partial charge >= 0.3 is 0 Å². The maximum Gasteiger partial charge on any atom is 0.165 e. The van der Waals surface area contributed by atoms with Crippen molar-refractivity contribution in [2.45, 2.75) is 38.1 Å². The molecular weight excluding hydrogens is 314 g/mol. The molecule has 0 bridgehead atoms. The summed E-state index contributed by atoms with van der Waals surface area (Å²) in [6, 6.07) is 8.44. The van der Waals surface area contributed by atoms with E-state index in [-0.39, 0.29) is 12.5 Å². The van der Waals surface area contributed by atoms with Crippen LogP contribution in [0, 0.1) is 0 Å². The van der Waals surface area contributed by atoms with E-state index >= 15 is 0 Å². The minimum absolute atomic E-state index is 0.200. The zero-order chi connectivity index (χ0) is 17.2. The van der Waals surface area contributed by atoms with Crippen LogP contribution in [0.25, 0.3) is 11.2 Å². The van der Waals surface area contributed by atoms with E-state index in [1.165, 1.54) is 11.1 Å². The highest BCUT2D eigenvalue weighted by atomic mass is 16.3. The molecule has 1 aliphatic carbocycles. The Labute approximate surface area is 147 Å². The molecule has 6 nitrogen and oxygen atoms in total. The largest absolute Gasteiger partial charge is 0.396 e. The molecule has 4 rings (SSSR count). The molecule has 25 heavy (non-hydrogen) atoms. The van der Waals surface area contributed by atoms with Crippen LogP contribution in [0.2, 0.25) is 0 Å². The molecule has 0 radical (unpaired) electrons. The Morgan fingerprint density at radius 1 is 1.16 bits per heavy atom. The van der Waals surface area contributed by atoms with Crippen LogP contribution in [-0.4, -0.2) is 37.8 Å². The molecule has 2 aromatic heterocycles. The zero-order valence-electron chi connectivity index (χ0n) is 14.4. The van der Waals surface area contributed by atoms with Gasteiger partial charge in [0.2, 0.25) is 0 Å². The van der Waals surface area contributed by atoms with Crippen molar-refractivity contribution < 1.29 is 5.11 Å². The second-order valence-corrected chi connectivity index (χ2v) is 6.66. The number of benzene rings is 1. The summed E-state index contributed by atoms with van der Waals surface area (Å²) in [6.07, 6.45) is 5.44. The molecule has 0 saturated carbocycles. The number of aromatic nitrogens is 4. The van der Waals surface area contributed by atoms with Crippen LogP contribution in [0.3, 0.4) is 0 Å². The Balaban J connectivity index is 1.64. The predicted octanol–water partition coefficient (Wildman–Crippen LogP) is 2.91. The number of imidazole rings is 1. The molecule has 1 aromatic carbocycles. The molecule has 130 valence electrons. The van der Waals surface area contributed by atoms with Crippen molar-refractivity contribution >= 4 is 17.0 Å². The van der Waals surface area contributed by atoms with Crippen LogP contribution in [0.4, 0.5) is 5.82 Å². The first-order valence-corrected chi connectivity index (χ1v) is 8.91. The maximum absolute atomic E-state index is 9.70. The summed E-state index contributed by atoms with van der Waals surface area (Å²) in [5.41, 5.74) is 4.29. The lowest BCUT2D eigenvalue weighted by Crippen LogP contribution is -2.08. The number of hydrogen-bond donors (Lipinski definition) is 2. The van der Waals surface area contributed by atoms with Crippen LogP contribution in [-0.2, 0) is 6.54 Å². The van der Waals surface area contributed by atoms with Gasteiger partial charge in [0.1, 0.15) is 11.8 Å². The summed E-state index contributed by atoms with van der Waals surface area (Å²) in [6.45, 7) is 4.01. The molecule has 0 amide bonds. The van der Waals surface area contributed by atoms with Gasteiger partial charge in [0.05, 0.1) is 6.33 Å². The monoisotopic (exact) mass is 337 g/mol. The predicted molar refractivity (Wildman–Crippen MR) is 97.7 cm³/mol. The van der Waals surface area contributed by atoms with Gasteiger partial charge < -0.3 is 15.0 Å². The van der Waals surface area contributed by atoms with Gasteiger partial charge in [0.15, 0.2) is 11.5 Å². The van der Waals surface area contributed by atoms with E-state index in [9.17, 15) is 5.11 Å². The molecule has 2 N–H and O–H groups in total. The normalized spacial score (nSPS) is 19.3. The molecule has 0 saturated heterocycles. The van der Waals surface area contributed by atoms with Crippen molar-refractivity contribution in [2.24, 2.45) is 0 Å². The number of hydrogen-bond acceptors (Lipinski definition) is 5. The van der Waals surface area contributed by atoms with E-state index in [2.05, 4.69) is 56.0 Å². The number of fused-ring (bicyclic) bond motifs is 2. The highest BCUT2D eigenvalue weighted by Gasteiger charge is 2.30. The van der Waals surface area contributed by atoms with Gasteiger partial charge in [-0.15, -0.1) is 0 Å². The number of anilines is 1. The first-order chi connectivity index (χ1) is 12.3. The molecule has 2 atom stereocenters. The molecule has 0 spiro atoms. The Bertz CT molecular complexity index is 875. The first-order valence-electron chi connectivity index (χ1n) is 8.91. The average molecular weight is 337 g/mol. The highest BCUT2D eigenvalue weighted by Crippen LogP contribution is 2.42. The third kappa shape index (κ3) is 2.87. The minimum atomic E-state index is 0.200. The molecule has 6 heteroatoms. The van der Waals surface area contributed by atoms with Crippen LogP contribution in [0.5, 0.6) is 0 Å². The van der Waals surface area contributed by atoms with Crippen molar-refractivity contribution in [3.05, 3.63) is 48.0 Å². The second kappa shape index (κ2) is 6.80. The van der Waals surface area contributed by atoms with E-state index in [0.29, 0.717) is 5.92 Å². The van der Waals surface area contributed by atoms with Gasteiger partial charge in [-0.05, 0) is 24.0 Å².